The van der Waals surface area contributed by atoms with Crippen LogP contribution < -0.4 is 9.47 Å². The van der Waals surface area contributed by atoms with Crippen LogP contribution in [0.15, 0.2) is 65.9 Å². The minimum atomic E-state index is 0.518. The van der Waals surface area contributed by atoms with Crippen molar-refractivity contribution < 1.29 is 9.47 Å². The van der Waals surface area contributed by atoms with Crippen LogP contribution in [0.5, 0.6) is 11.5 Å². The molecule has 0 bridgehead atoms. The van der Waals surface area contributed by atoms with E-state index in [1.807, 2.05) is 51.1 Å². The molecule has 3 nitrogen and oxygen atoms in total. The third kappa shape index (κ3) is 7.75. The molecule has 0 unspecified atom stereocenters. The average molecular weight is 331 g/mol. The fraction of sp³-hybridized carbons (Fsp3) is 0.316. The summed E-state index contributed by atoms with van der Waals surface area (Å²) in [5, 5.41) is 1.05. The summed E-state index contributed by atoms with van der Waals surface area (Å²) in [6.45, 7) is 15.0. The number of hydrogen-bond acceptors (Lipinski definition) is 4. The molecule has 1 aromatic carbocycles. The molecule has 0 saturated carbocycles. The summed E-state index contributed by atoms with van der Waals surface area (Å²) in [6.07, 6.45) is 3.65. The molecule has 2 rings (SSSR count). The predicted molar refractivity (Wildman–Crippen MR) is 102 cm³/mol. The summed E-state index contributed by atoms with van der Waals surface area (Å²) in [5.74, 6) is 3.08. The van der Waals surface area contributed by atoms with Crippen LogP contribution in [0, 0.1) is 0 Å². The Morgan fingerprint density at radius 2 is 2.00 bits per heavy atom. The normalized spacial score (nSPS) is 13.1. The Labute approximate surface area is 143 Å². The number of rotatable bonds is 7. The molecule has 1 heterocycles. The van der Waals surface area contributed by atoms with Gasteiger partial charge in [-0.25, -0.2) is 0 Å². The average Bonchev–Trinajstić information content (AvgIpc) is 3.07. The molecule has 23 heavy (non-hydrogen) atoms. The van der Waals surface area contributed by atoms with Crippen molar-refractivity contribution in [2.75, 3.05) is 18.9 Å². The van der Waals surface area contributed by atoms with Gasteiger partial charge in [0.1, 0.15) is 28.9 Å². The Hall–Kier alpha value is -1.94. The fourth-order valence-electron chi connectivity index (χ4n) is 1.66. The van der Waals surface area contributed by atoms with Crippen molar-refractivity contribution in [1.82, 2.24) is 0 Å². The highest BCUT2D eigenvalue weighted by Gasteiger charge is 2.08. The van der Waals surface area contributed by atoms with Gasteiger partial charge in [-0.15, -0.1) is 11.8 Å². The van der Waals surface area contributed by atoms with E-state index in [4.69, 9.17) is 9.47 Å². The molecule has 1 aliphatic heterocycles. The molecule has 0 aromatic heterocycles. The van der Waals surface area contributed by atoms with Gasteiger partial charge in [0.05, 0.1) is 0 Å². The maximum absolute atomic E-state index is 5.72. The van der Waals surface area contributed by atoms with E-state index in [-0.39, 0.29) is 0 Å². The van der Waals surface area contributed by atoms with E-state index in [9.17, 15) is 0 Å². The first-order valence-electron chi connectivity index (χ1n) is 7.73. The van der Waals surface area contributed by atoms with Gasteiger partial charge in [0.25, 0.3) is 0 Å². The summed E-state index contributed by atoms with van der Waals surface area (Å²) in [4.78, 5) is 4.35. The maximum atomic E-state index is 5.72. The fourth-order valence-corrected chi connectivity index (χ4v) is 2.40. The topological polar surface area (TPSA) is 30.8 Å². The number of benzene rings is 1. The minimum absolute atomic E-state index is 0.518. The quantitative estimate of drug-likeness (QED) is 0.504. The van der Waals surface area contributed by atoms with Crippen LogP contribution in [0.25, 0.3) is 0 Å². The molecule has 0 spiro atoms. The van der Waals surface area contributed by atoms with Crippen LogP contribution in [0.4, 0.5) is 0 Å². The van der Waals surface area contributed by atoms with Gasteiger partial charge in [-0.3, -0.25) is 4.99 Å². The lowest BCUT2D eigenvalue weighted by molar-refractivity contribution is 0.374. The first kappa shape index (κ1) is 19.1. The minimum Gasteiger partial charge on any atom is -0.487 e. The number of thioether (sulfide) groups is 1. The zero-order chi connectivity index (χ0) is 17.1. The van der Waals surface area contributed by atoms with Crippen LogP contribution in [0.2, 0.25) is 0 Å². The Bertz CT molecular complexity index is 591. The predicted octanol–water partition coefficient (Wildman–Crippen LogP) is 5.26. The number of allylic oxidation sites excluding steroid dienone is 3. The highest BCUT2D eigenvalue weighted by atomic mass is 32.2. The summed E-state index contributed by atoms with van der Waals surface area (Å²) in [7, 11) is 0. The molecule has 0 aliphatic carbocycles. The summed E-state index contributed by atoms with van der Waals surface area (Å²) in [5.41, 5.74) is 0.951. The highest BCUT2D eigenvalue weighted by Crippen LogP contribution is 2.22. The second kappa shape index (κ2) is 10.7. The molecular formula is C19H25NO2S. The molecule has 124 valence electrons. The first-order valence-corrected chi connectivity index (χ1v) is 8.71. The Morgan fingerprint density at radius 3 is 2.65 bits per heavy atom. The van der Waals surface area contributed by atoms with Crippen molar-refractivity contribution in [1.29, 1.82) is 0 Å². The standard InChI is InChI=1S/C17H19NO2S.C2H6/c1-13(2)7-8-14(3)20-16-6-4-5-15(11-16)19-12-17-18-9-10-21-17;1-2/h4-8,11H,1,3,9-10,12H2,2H3;1-2H3/b8-7-;. The SMILES string of the molecule is C=C(C)/C=C\C(=C)Oc1cccc(OCC2=NCCS2)c1.CC. The Balaban J connectivity index is 0.00000127. The zero-order valence-electron chi connectivity index (χ0n) is 14.2. The van der Waals surface area contributed by atoms with Gasteiger partial charge in [-0.2, -0.15) is 0 Å². The zero-order valence-corrected chi connectivity index (χ0v) is 15.0. The number of nitrogens with zero attached hydrogens (tertiary/aromatic N) is 1. The molecule has 1 aliphatic rings. The number of aliphatic imine (C=N–C) groups is 1. The lowest BCUT2D eigenvalue weighted by Gasteiger charge is -2.09. The van der Waals surface area contributed by atoms with Crippen LogP contribution >= 0.6 is 11.8 Å². The van der Waals surface area contributed by atoms with Crippen LogP contribution in [0.1, 0.15) is 20.8 Å². The van der Waals surface area contributed by atoms with E-state index in [0.29, 0.717) is 18.1 Å². The monoisotopic (exact) mass is 331 g/mol. The van der Waals surface area contributed by atoms with Gasteiger partial charge in [-0.05, 0) is 25.1 Å². The van der Waals surface area contributed by atoms with Gasteiger partial charge < -0.3 is 9.47 Å². The molecule has 0 fully saturated rings. The summed E-state index contributed by atoms with van der Waals surface area (Å²) >= 11 is 1.75. The number of hydrogen-bond donors (Lipinski definition) is 0. The van der Waals surface area contributed by atoms with Gasteiger partial charge in [-0.1, -0.05) is 44.7 Å². The van der Waals surface area contributed by atoms with E-state index in [2.05, 4.69) is 18.2 Å². The van der Waals surface area contributed by atoms with E-state index < -0.39 is 0 Å². The summed E-state index contributed by atoms with van der Waals surface area (Å²) in [6, 6.07) is 7.51. The molecule has 0 radical (unpaired) electrons. The van der Waals surface area contributed by atoms with Gasteiger partial charge in [0.15, 0.2) is 0 Å². The maximum Gasteiger partial charge on any atom is 0.136 e. The van der Waals surface area contributed by atoms with Gasteiger partial charge in [0, 0.05) is 18.4 Å². The van der Waals surface area contributed by atoms with Gasteiger partial charge >= 0.3 is 0 Å². The lowest BCUT2D eigenvalue weighted by Crippen LogP contribution is -2.05. The molecule has 0 amide bonds. The Morgan fingerprint density at radius 1 is 1.26 bits per heavy atom. The smallest absolute Gasteiger partial charge is 0.136 e. The molecule has 0 saturated heterocycles. The van der Waals surface area contributed by atoms with Crippen molar-refractivity contribution in [3.05, 3.63) is 60.9 Å². The molecule has 0 N–H and O–H groups in total. The van der Waals surface area contributed by atoms with Crippen molar-refractivity contribution in [2.45, 2.75) is 20.8 Å². The first-order chi connectivity index (χ1) is 11.1. The third-order valence-electron chi connectivity index (χ3n) is 2.62. The van der Waals surface area contributed by atoms with E-state index in [1.165, 1.54) is 0 Å². The highest BCUT2D eigenvalue weighted by molar-refractivity contribution is 8.14. The second-order valence-corrected chi connectivity index (χ2v) is 5.80. The van der Waals surface area contributed by atoms with Crippen LogP contribution in [-0.4, -0.2) is 23.9 Å². The molecule has 1 aromatic rings. The van der Waals surface area contributed by atoms with E-state index in [0.717, 1.165) is 28.7 Å². The van der Waals surface area contributed by atoms with Crippen LogP contribution in [-0.2, 0) is 0 Å². The van der Waals surface area contributed by atoms with Crippen molar-refractivity contribution in [2.24, 2.45) is 4.99 Å². The largest absolute Gasteiger partial charge is 0.487 e. The number of ether oxygens (including phenoxy) is 2. The van der Waals surface area contributed by atoms with E-state index >= 15 is 0 Å². The summed E-state index contributed by atoms with van der Waals surface area (Å²) < 4.78 is 11.4. The van der Waals surface area contributed by atoms with Crippen molar-refractivity contribution in [3.8, 4) is 11.5 Å². The van der Waals surface area contributed by atoms with Crippen molar-refractivity contribution >= 4 is 16.8 Å². The molecule has 4 heteroatoms. The van der Waals surface area contributed by atoms with Crippen molar-refractivity contribution in [3.63, 3.8) is 0 Å². The third-order valence-corrected chi connectivity index (χ3v) is 3.59. The van der Waals surface area contributed by atoms with Gasteiger partial charge in [0.2, 0.25) is 0 Å². The van der Waals surface area contributed by atoms with E-state index in [1.54, 1.807) is 17.8 Å². The molecular weight excluding hydrogens is 306 g/mol. The van der Waals surface area contributed by atoms with Crippen LogP contribution in [0.3, 0.4) is 0 Å². The second-order valence-electron chi connectivity index (χ2n) is 4.64. The Kier molecular flexibility index (Phi) is 8.91. The lowest BCUT2D eigenvalue weighted by atomic mass is 10.3. The molecule has 0 atom stereocenters.